The van der Waals surface area contributed by atoms with Crippen LogP contribution in [0.3, 0.4) is 0 Å². The zero-order valence-corrected chi connectivity index (χ0v) is 13.6. The third-order valence-electron chi connectivity index (χ3n) is 6.59. The van der Waals surface area contributed by atoms with Crippen molar-refractivity contribution in [3.8, 4) is 0 Å². The normalized spacial score (nSPS) is 37.7. The van der Waals surface area contributed by atoms with Crippen molar-refractivity contribution < 1.29 is 14.6 Å². The van der Waals surface area contributed by atoms with Crippen LogP contribution in [0.2, 0.25) is 0 Å². The number of hydrogen-bond donors (Lipinski definition) is 2. The maximum absolute atomic E-state index is 11.4. The molecule has 0 unspecified atom stereocenters. The average Bonchev–Trinajstić information content (AvgIpc) is 2.92. The van der Waals surface area contributed by atoms with E-state index in [1.807, 2.05) is 0 Å². The van der Waals surface area contributed by atoms with Gasteiger partial charge >= 0.3 is 0 Å². The van der Waals surface area contributed by atoms with Crippen molar-refractivity contribution in [3.05, 3.63) is 0 Å². The molecule has 21 heavy (non-hydrogen) atoms. The van der Waals surface area contributed by atoms with Crippen LogP contribution in [-0.2, 0) is 9.47 Å². The minimum Gasteiger partial charge on any atom is -0.389 e. The predicted octanol–water partition coefficient (Wildman–Crippen LogP) is 2.58. The van der Waals surface area contributed by atoms with Crippen LogP contribution in [0.1, 0.15) is 65.2 Å². The van der Waals surface area contributed by atoms with Crippen molar-refractivity contribution in [2.45, 2.75) is 76.6 Å². The van der Waals surface area contributed by atoms with Gasteiger partial charge in [0.2, 0.25) is 0 Å². The number of ether oxygens (including phenoxy) is 2. The Labute approximate surface area is 128 Å². The highest BCUT2D eigenvalue weighted by atomic mass is 16.7. The van der Waals surface area contributed by atoms with Crippen LogP contribution in [0.4, 0.5) is 0 Å². The molecule has 1 spiro atoms. The predicted molar refractivity (Wildman–Crippen MR) is 81.8 cm³/mol. The number of aliphatic hydroxyl groups is 1. The summed E-state index contributed by atoms with van der Waals surface area (Å²) in [5.74, 6) is -0.407. The minimum absolute atomic E-state index is 0.108. The van der Waals surface area contributed by atoms with Gasteiger partial charge in [-0.3, -0.25) is 0 Å². The second kappa shape index (κ2) is 5.19. The van der Waals surface area contributed by atoms with Crippen molar-refractivity contribution in [3.63, 3.8) is 0 Å². The van der Waals surface area contributed by atoms with Crippen molar-refractivity contribution in [1.82, 2.24) is 0 Å². The summed E-state index contributed by atoms with van der Waals surface area (Å²) in [6, 6.07) is 0. The molecule has 122 valence electrons. The third-order valence-corrected chi connectivity index (χ3v) is 6.59. The minimum atomic E-state index is -0.640. The molecule has 3 fully saturated rings. The molecule has 3 rings (SSSR count). The first-order valence-corrected chi connectivity index (χ1v) is 8.55. The van der Waals surface area contributed by atoms with E-state index in [2.05, 4.69) is 13.8 Å². The monoisotopic (exact) mass is 297 g/mol. The van der Waals surface area contributed by atoms with Crippen LogP contribution in [0.5, 0.6) is 0 Å². The van der Waals surface area contributed by atoms with Gasteiger partial charge in [-0.15, -0.1) is 0 Å². The van der Waals surface area contributed by atoms with Crippen LogP contribution in [0.15, 0.2) is 0 Å². The molecule has 1 aliphatic heterocycles. The highest BCUT2D eigenvalue weighted by Crippen LogP contribution is 2.55. The summed E-state index contributed by atoms with van der Waals surface area (Å²) in [5.41, 5.74) is 5.81. The van der Waals surface area contributed by atoms with Gasteiger partial charge < -0.3 is 20.3 Å². The van der Waals surface area contributed by atoms with E-state index in [-0.39, 0.29) is 5.41 Å². The van der Waals surface area contributed by atoms with Crippen LogP contribution in [0, 0.1) is 10.8 Å². The summed E-state index contributed by atoms with van der Waals surface area (Å²) in [6.45, 7) is 6.62. The van der Waals surface area contributed by atoms with E-state index in [0.717, 1.165) is 51.4 Å². The van der Waals surface area contributed by atoms with Gasteiger partial charge in [-0.1, -0.05) is 13.8 Å². The molecular weight excluding hydrogens is 266 g/mol. The van der Waals surface area contributed by atoms with Gasteiger partial charge in [-0.2, -0.15) is 0 Å². The van der Waals surface area contributed by atoms with Gasteiger partial charge in [0, 0.05) is 24.8 Å². The Morgan fingerprint density at radius 2 is 1.38 bits per heavy atom. The Kier molecular flexibility index (Phi) is 3.89. The molecule has 4 heteroatoms. The molecule has 4 nitrogen and oxygen atoms in total. The fraction of sp³-hybridized carbons (Fsp3) is 1.00. The Morgan fingerprint density at radius 3 is 1.86 bits per heavy atom. The van der Waals surface area contributed by atoms with E-state index in [4.69, 9.17) is 15.2 Å². The fourth-order valence-corrected chi connectivity index (χ4v) is 4.63. The molecule has 0 aromatic carbocycles. The maximum atomic E-state index is 11.4. The van der Waals surface area contributed by atoms with Crippen LogP contribution < -0.4 is 5.73 Å². The summed E-state index contributed by atoms with van der Waals surface area (Å²) in [4.78, 5) is 0. The molecule has 3 aliphatic rings. The highest BCUT2D eigenvalue weighted by Gasteiger charge is 2.56. The van der Waals surface area contributed by atoms with Crippen molar-refractivity contribution >= 4 is 0 Å². The molecular formula is C17H31NO3. The molecule has 2 saturated carbocycles. The Hall–Kier alpha value is -0.160. The first-order valence-electron chi connectivity index (χ1n) is 8.55. The van der Waals surface area contributed by atoms with Gasteiger partial charge in [-0.05, 0) is 43.9 Å². The average molecular weight is 297 g/mol. The molecule has 0 bridgehead atoms. The summed E-state index contributed by atoms with van der Waals surface area (Å²) < 4.78 is 11.6. The smallest absolute Gasteiger partial charge is 0.168 e. The van der Waals surface area contributed by atoms with E-state index in [1.165, 1.54) is 0 Å². The first-order chi connectivity index (χ1) is 9.85. The lowest BCUT2D eigenvalue weighted by Crippen LogP contribution is -2.58. The molecule has 2 aliphatic carbocycles. The molecule has 0 aromatic heterocycles. The zero-order chi connectivity index (χ0) is 15.2. The van der Waals surface area contributed by atoms with Gasteiger partial charge in [0.1, 0.15) is 0 Å². The highest BCUT2D eigenvalue weighted by molar-refractivity contribution is 5.06. The van der Waals surface area contributed by atoms with E-state index in [0.29, 0.717) is 25.2 Å². The summed E-state index contributed by atoms with van der Waals surface area (Å²) in [6.07, 6.45) is 7.51. The largest absolute Gasteiger partial charge is 0.389 e. The summed E-state index contributed by atoms with van der Waals surface area (Å²) >= 11 is 0. The number of nitrogens with two attached hydrogens (primary N) is 1. The van der Waals surface area contributed by atoms with E-state index < -0.39 is 11.4 Å². The van der Waals surface area contributed by atoms with Gasteiger partial charge in [-0.25, -0.2) is 0 Å². The first kappa shape index (κ1) is 15.7. The lowest BCUT2D eigenvalue weighted by molar-refractivity contribution is -0.227. The molecule has 3 N–H and O–H groups in total. The second-order valence-corrected chi connectivity index (χ2v) is 8.29. The topological polar surface area (TPSA) is 64.7 Å². The van der Waals surface area contributed by atoms with Gasteiger partial charge in [0.25, 0.3) is 0 Å². The SMILES string of the molecule is CC1(C)CCC(CN)(C2(O)CCC3(CC2)OCCO3)CC1. The summed E-state index contributed by atoms with van der Waals surface area (Å²) in [5, 5.41) is 11.4. The molecule has 0 atom stereocenters. The second-order valence-electron chi connectivity index (χ2n) is 8.29. The van der Waals surface area contributed by atoms with Gasteiger partial charge in [0.15, 0.2) is 5.79 Å². The fourth-order valence-electron chi connectivity index (χ4n) is 4.63. The Morgan fingerprint density at radius 1 is 0.857 bits per heavy atom. The molecule has 0 radical (unpaired) electrons. The Balaban J connectivity index is 1.72. The molecule has 1 heterocycles. The van der Waals surface area contributed by atoms with Crippen molar-refractivity contribution in [2.24, 2.45) is 16.6 Å². The van der Waals surface area contributed by atoms with Crippen LogP contribution in [0.25, 0.3) is 0 Å². The maximum Gasteiger partial charge on any atom is 0.168 e. The summed E-state index contributed by atoms with van der Waals surface area (Å²) in [7, 11) is 0. The number of rotatable bonds is 2. The van der Waals surface area contributed by atoms with Crippen molar-refractivity contribution in [2.75, 3.05) is 19.8 Å². The van der Waals surface area contributed by atoms with E-state index in [1.54, 1.807) is 0 Å². The molecule has 1 saturated heterocycles. The van der Waals surface area contributed by atoms with Gasteiger partial charge in [0.05, 0.1) is 18.8 Å². The standard InChI is InChI=1S/C17H31NO3/c1-14(2)3-5-15(13-18,6-4-14)16(19)7-9-17(10-8-16)20-11-12-21-17/h19H,3-13,18H2,1-2H3. The molecule has 0 aromatic rings. The van der Waals surface area contributed by atoms with Crippen LogP contribution >= 0.6 is 0 Å². The zero-order valence-electron chi connectivity index (χ0n) is 13.6. The van der Waals surface area contributed by atoms with Crippen LogP contribution in [-0.4, -0.2) is 36.3 Å². The Bertz CT molecular complexity index is 367. The van der Waals surface area contributed by atoms with E-state index >= 15 is 0 Å². The lowest BCUT2D eigenvalue weighted by atomic mass is 9.55. The number of hydrogen-bond acceptors (Lipinski definition) is 4. The quantitative estimate of drug-likeness (QED) is 0.822. The van der Waals surface area contributed by atoms with Crippen molar-refractivity contribution in [1.29, 1.82) is 0 Å². The van der Waals surface area contributed by atoms with E-state index in [9.17, 15) is 5.11 Å². The molecule has 0 amide bonds. The lowest BCUT2D eigenvalue weighted by Gasteiger charge is -2.55. The third kappa shape index (κ3) is 2.65.